The van der Waals surface area contributed by atoms with Crippen LogP contribution in [0.2, 0.25) is 0 Å². The number of nitrogens with zero attached hydrogens (tertiary/aromatic N) is 1. The third kappa shape index (κ3) is 4.07. The molecule has 1 amide bonds. The third-order valence-corrected chi connectivity index (χ3v) is 4.37. The first-order chi connectivity index (χ1) is 10.1. The normalized spacial score (nSPS) is 18.0. The van der Waals surface area contributed by atoms with Crippen molar-refractivity contribution < 1.29 is 4.79 Å². The molecule has 1 atom stereocenters. The van der Waals surface area contributed by atoms with Gasteiger partial charge in [0.15, 0.2) is 0 Å². The van der Waals surface area contributed by atoms with E-state index >= 15 is 0 Å². The summed E-state index contributed by atoms with van der Waals surface area (Å²) in [4.78, 5) is 15.0. The molecule has 1 aromatic carbocycles. The highest BCUT2D eigenvalue weighted by molar-refractivity contribution is 5.97. The van der Waals surface area contributed by atoms with E-state index in [1.54, 1.807) is 0 Å². The van der Waals surface area contributed by atoms with E-state index in [1.807, 2.05) is 32.0 Å². The van der Waals surface area contributed by atoms with Crippen LogP contribution in [0, 0.1) is 13.8 Å². The number of hydrogen-bond acceptors (Lipinski definition) is 2. The first kappa shape index (κ1) is 16.0. The Morgan fingerprint density at radius 1 is 1.33 bits per heavy atom. The zero-order chi connectivity index (χ0) is 15.2. The van der Waals surface area contributed by atoms with Crippen LogP contribution in [0.1, 0.15) is 54.1 Å². The molecule has 0 saturated carbocycles. The summed E-state index contributed by atoms with van der Waals surface area (Å²) in [6.45, 7) is 9.03. The monoisotopic (exact) mass is 288 g/mol. The second-order valence-corrected chi connectivity index (χ2v) is 6.16. The van der Waals surface area contributed by atoms with Crippen molar-refractivity contribution in [3.8, 4) is 0 Å². The minimum Gasteiger partial charge on any atom is -0.337 e. The van der Waals surface area contributed by atoms with Crippen LogP contribution in [-0.4, -0.2) is 36.5 Å². The molecule has 2 rings (SSSR count). The SMILES string of the molecule is CCCCN(CC1CCCN1)C(=O)c1c(C)cccc1C. The average Bonchev–Trinajstić information content (AvgIpc) is 2.96. The second kappa shape index (κ2) is 7.60. The highest BCUT2D eigenvalue weighted by atomic mass is 16.2. The van der Waals surface area contributed by atoms with E-state index < -0.39 is 0 Å². The predicted molar refractivity (Wildman–Crippen MR) is 87.8 cm³/mol. The van der Waals surface area contributed by atoms with Crippen LogP contribution in [0.25, 0.3) is 0 Å². The number of hydrogen-bond donors (Lipinski definition) is 1. The van der Waals surface area contributed by atoms with Crippen LogP contribution in [0.15, 0.2) is 18.2 Å². The van der Waals surface area contributed by atoms with Crippen LogP contribution >= 0.6 is 0 Å². The number of nitrogens with one attached hydrogen (secondary N) is 1. The molecule has 0 aliphatic carbocycles. The van der Waals surface area contributed by atoms with Gasteiger partial charge in [-0.25, -0.2) is 0 Å². The van der Waals surface area contributed by atoms with Crippen molar-refractivity contribution in [2.45, 2.75) is 52.5 Å². The second-order valence-electron chi connectivity index (χ2n) is 6.16. The third-order valence-electron chi connectivity index (χ3n) is 4.37. The molecular formula is C18H28N2O. The fraction of sp³-hybridized carbons (Fsp3) is 0.611. The number of rotatable bonds is 6. The smallest absolute Gasteiger partial charge is 0.254 e. The first-order valence-electron chi connectivity index (χ1n) is 8.22. The largest absolute Gasteiger partial charge is 0.337 e. The Hall–Kier alpha value is -1.35. The van der Waals surface area contributed by atoms with E-state index in [0.29, 0.717) is 6.04 Å². The Morgan fingerprint density at radius 2 is 2.05 bits per heavy atom. The van der Waals surface area contributed by atoms with Crippen molar-refractivity contribution in [3.63, 3.8) is 0 Å². The number of aryl methyl sites for hydroxylation is 2. The maximum atomic E-state index is 13.0. The van der Waals surface area contributed by atoms with E-state index in [1.165, 1.54) is 12.8 Å². The van der Waals surface area contributed by atoms with Crippen molar-refractivity contribution in [1.82, 2.24) is 10.2 Å². The molecule has 21 heavy (non-hydrogen) atoms. The molecule has 0 spiro atoms. The molecule has 116 valence electrons. The summed E-state index contributed by atoms with van der Waals surface area (Å²) < 4.78 is 0. The highest BCUT2D eigenvalue weighted by Gasteiger charge is 2.23. The van der Waals surface area contributed by atoms with Crippen molar-refractivity contribution in [2.75, 3.05) is 19.6 Å². The lowest BCUT2D eigenvalue weighted by atomic mass is 10.0. The van der Waals surface area contributed by atoms with Gasteiger partial charge in [-0.1, -0.05) is 31.5 Å². The molecule has 1 N–H and O–H groups in total. The van der Waals surface area contributed by atoms with E-state index in [2.05, 4.69) is 17.1 Å². The lowest BCUT2D eigenvalue weighted by Crippen LogP contribution is -2.42. The van der Waals surface area contributed by atoms with Crippen LogP contribution in [0.5, 0.6) is 0 Å². The molecule has 3 nitrogen and oxygen atoms in total. The Balaban J connectivity index is 2.16. The van der Waals surface area contributed by atoms with Crippen molar-refractivity contribution in [3.05, 3.63) is 34.9 Å². The van der Waals surface area contributed by atoms with Gasteiger partial charge < -0.3 is 10.2 Å². The molecule has 0 aromatic heterocycles. The summed E-state index contributed by atoms with van der Waals surface area (Å²) in [6, 6.07) is 6.56. The van der Waals surface area contributed by atoms with Crippen molar-refractivity contribution in [2.24, 2.45) is 0 Å². The number of amides is 1. The van der Waals surface area contributed by atoms with Gasteiger partial charge >= 0.3 is 0 Å². The van der Waals surface area contributed by atoms with Gasteiger partial charge in [-0.3, -0.25) is 4.79 Å². The zero-order valence-electron chi connectivity index (χ0n) is 13.6. The summed E-state index contributed by atoms with van der Waals surface area (Å²) in [7, 11) is 0. The summed E-state index contributed by atoms with van der Waals surface area (Å²) in [5.41, 5.74) is 3.06. The van der Waals surface area contributed by atoms with Gasteiger partial charge in [-0.2, -0.15) is 0 Å². The lowest BCUT2D eigenvalue weighted by Gasteiger charge is -2.27. The summed E-state index contributed by atoms with van der Waals surface area (Å²) in [5.74, 6) is 0.202. The molecule has 1 saturated heterocycles. The molecule has 0 bridgehead atoms. The van der Waals surface area contributed by atoms with Gasteiger partial charge in [0.1, 0.15) is 0 Å². The van der Waals surface area contributed by atoms with Crippen molar-refractivity contribution in [1.29, 1.82) is 0 Å². The van der Waals surface area contributed by atoms with Crippen LogP contribution in [0.4, 0.5) is 0 Å². The van der Waals surface area contributed by atoms with Gasteiger partial charge in [0.05, 0.1) is 0 Å². The minimum absolute atomic E-state index is 0.202. The van der Waals surface area contributed by atoms with Crippen molar-refractivity contribution >= 4 is 5.91 Å². The predicted octanol–water partition coefficient (Wildman–Crippen LogP) is 3.30. The zero-order valence-corrected chi connectivity index (χ0v) is 13.6. The lowest BCUT2D eigenvalue weighted by molar-refractivity contribution is 0.0738. The van der Waals surface area contributed by atoms with E-state index in [0.717, 1.165) is 49.2 Å². The maximum absolute atomic E-state index is 13.0. The van der Waals surface area contributed by atoms with E-state index in [9.17, 15) is 4.79 Å². The average molecular weight is 288 g/mol. The Kier molecular flexibility index (Phi) is 5.80. The molecule has 1 aromatic rings. The molecule has 1 fully saturated rings. The fourth-order valence-corrected chi connectivity index (χ4v) is 3.11. The van der Waals surface area contributed by atoms with Gasteiger partial charge in [0.25, 0.3) is 5.91 Å². The molecule has 1 unspecified atom stereocenters. The Morgan fingerprint density at radius 3 is 2.62 bits per heavy atom. The van der Waals surface area contributed by atoms with E-state index in [-0.39, 0.29) is 5.91 Å². The van der Waals surface area contributed by atoms with Crippen LogP contribution in [0.3, 0.4) is 0 Å². The van der Waals surface area contributed by atoms with Gasteiger partial charge in [-0.15, -0.1) is 0 Å². The molecular weight excluding hydrogens is 260 g/mol. The minimum atomic E-state index is 0.202. The molecule has 3 heteroatoms. The first-order valence-corrected chi connectivity index (χ1v) is 8.22. The Labute approximate surface area is 128 Å². The van der Waals surface area contributed by atoms with Crippen LogP contribution in [-0.2, 0) is 0 Å². The summed E-state index contributed by atoms with van der Waals surface area (Å²) in [6.07, 6.45) is 4.60. The fourth-order valence-electron chi connectivity index (χ4n) is 3.11. The quantitative estimate of drug-likeness (QED) is 0.871. The molecule has 1 heterocycles. The van der Waals surface area contributed by atoms with Crippen LogP contribution < -0.4 is 5.32 Å². The molecule has 1 aliphatic heterocycles. The maximum Gasteiger partial charge on any atom is 0.254 e. The highest BCUT2D eigenvalue weighted by Crippen LogP contribution is 2.18. The molecule has 0 radical (unpaired) electrons. The summed E-state index contributed by atoms with van der Waals surface area (Å²) >= 11 is 0. The molecule has 1 aliphatic rings. The number of benzene rings is 1. The number of carbonyl (C=O) groups excluding carboxylic acids is 1. The van der Waals surface area contributed by atoms with Gasteiger partial charge in [0, 0.05) is 24.7 Å². The topological polar surface area (TPSA) is 32.3 Å². The number of unbranched alkanes of at least 4 members (excludes halogenated alkanes) is 1. The number of carbonyl (C=O) groups is 1. The summed E-state index contributed by atoms with van der Waals surface area (Å²) in [5, 5.41) is 3.51. The van der Waals surface area contributed by atoms with Gasteiger partial charge in [0.2, 0.25) is 0 Å². The van der Waals surface area contributed by atoms with E-state index in [4.69, 9.17) is 0 Å². The Bertz CT molecular complexity index is 458. The van der Waals surface area contributed by atoms with Gasteiger partial charge in [-0.05, 0) is 50.8 Å². The standard InChI is InChI=1S/C18H28N2O/c1-4-5-12-20(13-16-10-7-11-19-16)18(21)17-14(2)8-6-9-15(17)3/h6,8-9,16,19H,4-5,7,10-13H2,1-3H3.